The molecule has 1 saturated carbocycles. The molecule has 1 aliphatic carbocycles. The normalized spacial score (nSPS) is 17.4. The fourth-order valence-corrected chi connectivity index (χ4v) is 3.10. The van der Waals surface area contributed by atoms with Gasteiger partial charge in [-0.3, -0.25) is 9.59 Å². The molecule has 1 amide bonds. The molecule has 0 aromatic rings. The Hall–Kier alpha value is -1.77. The molecule has 0 bridgehead atoms. The molecule has 0 radical (unpaired) electrons. The van der Waals surface area contributed by atoms with Gasteiger partial charge in [-0.05, 0) is 24.6 Å². The molecule has 0 aliphatic heterocycles. The predicted octanol–water partition coefficient (Wildman–Crippen LogP) is 1.91. The first-order valence-corrected chi connectivity index (χ1v) is 8.82. The Morgan fingerprint density at radius 1 is 1.17 bits per heavy atom. The lowest BCUT2D eigenvalue weighted by Gasteiger charge is -2.22. The van der Waals surface area contributed by atoms with Crippen molar-refractivity contribution in [3.05, 3.63) is 0 Å². The number of hydrogen-bond donors (Lipinski definition) is 2. The summed E-state index contributed by atoms with van der Waals surface area (Å²) in [7, 11) is 0. The molecule has 0 unspecified atom stereocenters. The number of amides is 1. The Morgan fingerprint density at radius 2 is 1.79 bits per heavy atom. The van der Waals surface area contributed by atoms with Crippen LogP contribution in [0.1, 0.15) is 46.0 Å². The molecule has 1 fully saturated rings. The molecule has 9 heteroatoms. The Labute approximate surface area is 144 Å². The maximum atomic E-state index is 11.9. The number of hydrogen-bond acceptors (Lipinski definition) is 7. The minimum Gasteiger partial charge on any atom is -0.480 e. The van der Waals surface area contributed by atoms with Crippen LogP contribution in [-0.2, 0) is 23.9 Å². The maximum Gasteiger partial charge on any atom is 0.370 e. The van der Waals surface area contributed by atoms with Gasteiger partial charge in [-0.25, -0.2) is 9.59 Å². The first kappa shape index (κ1) is 20.3. The van der Waals surface area contributed by atoms with Crippen molar-refractivity contribution in [2.45, 2.75) is 58.3 Å². The first-order chi connectivity index (χ1) is 11.3. The standard InChI is InChI=1S/C15H23NO7S/c1-9(17)16-12(13(18)19)8-24-15(21)23-10(2)22-14(20)11-6-4-3-5-7-11/h10-12H,3-8H2,1-2H3,(H,16,17)(H,18,19)/t10-,12-/m0/s1. The van der Waals surface area contributed by atoms with Crippen molar-refractivity contribution in [2.24, 2.45) is 5.92 Å². The van der Waals surface area contributed by atoms with Crippen LogP contribution in [0.15, 0.2) is 0 Å². The van der Waals surface area contributed by atoms with Crippen molar-refractivity contribution in [2.75, 3.05) is 5.75 Å². The van der Waals surface area contributed by atoms with Crippen LogP contribution in [0.25, 0.3) is 0 Å². The Balaban J connectivity index is 2.33. The van der Waals surface area contributed by atoms with E-state index in [9.17, 15) is 19.2 Å². The summed E-state index contributed by atoms with van der Waals surface area (Å²) >= 11 is 0.598. The molecular weight excluding hydrogens is 338 g/mol. The first-order valence-electron chi connectivity index (χ1n) is 7.83. The molecule has 8 nitrogen and oxygen atoms in total. The largest absolute Gasteiger partial charge is 0.480 e. The van der Waals surface area contributed by atoms with E-state index < -0.39 is 29.5 Å². The van der Waals surface area contributed by atoms with Gasteiger partial charge >= 0.3 is 17.2 Å². The van der Waals surface area contributed by atoms with Crippen LogP contribution in [0, 0.1) is 5.92 Å². The highest BCUT2D eigenvalue weighted by Gasteiger charge is 2.26. The Kier molecular flexibility index (Phi) is 8.59. The van der Waals surface area contributed by atoms with E-state index in [1.165, 1.54) is 13.8 Å². The van der Waals surface area contributed by atoms with Crippen LogP contribution in [0.5, 0.6) is 0 Å². The number of ether oxygens (including phenoxy) is 2. The zero-order chi connectivity index (χ0) is 18.1. The van der Waals surface area contributed by atoms with Gasteiger partial charge in [-0.15, -0.1) is 0 Å². The number of nitrogens with one attached hydrogen (secondary N) is 1. The maximum absolute atomic E-state index is 11.9. The van der Waals surface area contributed by atoms with E-state index in [-0.39, 0.29) is 17.6 Å². The molecule has 2 N–H and O–H groups in total. The van der Waals surface area contributed by atoms with Crippen LogP contribution < -0.4 is 5.32 Å². The summed E-state index contributed by atoms with van der Waals surface area (Å²) in [5, 5.41) is 10.4. The van der Waals surface area contributed by atoms with Gasteiger partial charge < -0.3 is 19.9 Å². The molecular formula is C15H23NO7S. The second-order valence-electron chi connectivity index (χ2n) is 5.61. The molecule has 0 aromatic carbocycles. The van der Waals surface area contributed by atoms with E-state index in [1.54, 1.807) is 0 Å². The van der Waals surface area contributed by atoms with Crippen molar-refractivity contribution >= 4 is 34.9 Å². The summed E-state index contributed by atoms with van der Waals surface area (Å²) in [5.74, 6) is -2.46. The predicted molar refractivity (Wildman–Crippen MR) is 86.3 cm³/mol. The Bertz CT molecular complexity index is 476. The third-order valence-electron chi connectivity index (χ3n) is 3.53. The molecule has 1 rings (SSSR count). The number of aliphatic carboxylic acids is 1. The fourth-order valence-electron chi connectivity index (χ4n) is 2.36. The SMILES string of the molecule is CC(=O)N[C@@H](CSC(=O)O[C@@H](C)OC(=O)C1CCCCC1)C(=O)O. The number of carbonyl (C=O) groups is 4. The summed E-state index contributed by atoms with van der Waals surface area (Å²) in [6, 6.07) is -1.19. The highest BCUT2D eigenvalue weighted by Crippen LogP contribution is 2.25. The monoisotopic (exact) mass is 361 g/mol. The molecule has 136 valence electrons. The number of rotatable bonds is 7. The van der Waals surface area contributed by atoms with E-state index in [2.05, 4.69) is 5.32 Å². The lowest BCUT2D eigenvalue weighted by atomic mass is 9.89. The topological polar surface area (TPSA) is 119 Å². The van der Waals surface area contributed by atoms with Crippen molar-refractivity contribution in [1.29, 1.82) is 0 Å². The minimum absolute atomic E-state index is 0.149. The summed E-state index contributed by atoms with van der Waals surface area (Å²) in [6.07, 6.45) is 3.62. The quantitative estimate of drug-likeness (QED) is 0.521. The number of carboxylic acid groups (broad SMARTS) is 1. The van der Waals surface area contributed by atoms with Crippen molar-refractivity contribution < 1.29 is 33.8 Å². The second kappa shape index (κ2) is 10.2. The van der Waals surface area contributed by atoms with Crippen molar-refractivity contribution in [3.63, 3.8) is 0 Å². The highest BCUT2D eigenvalue weighted by atomic mass is 32.2. The molecule has 0 aromatic heterocycles. The lowest BCUT2D eigenvalue weighted by molar-refractivity contribution is -0.169. The van der Waals surface area contributed by atoms with Gasteiger partial charge in [0.05, 0.1) is 5.92 Å². The van der Waals surface area contributed by atoms with Crippen LogP contribution in [-0.4, -0.2) is 46.3 Å². The van der Waals surface area contributed by atoms with E-state index in [4.69, 9.17) is 14.6 Å². The van der Waals surface area contributed by atoms with Crippen LogP contribution in [0.4, 0.5) is 4.79 Å². The van der Waals surface area contributed by atoms with Crippen LogP contribution >= 0.6 is 11.8 Å². The average molecular weight is 361 g/mol. The van der Waals surface area contributed by atoms with Crippen LogP contribution in [0.3, 0.4) is 0 Å². The van der Waals surface area contributed by atoms with Gasteiger partial charge in [-0.2, -0.15) is 0 Å². The zero-order valence-corrected chi connectivity index (χ0v) is 14.6. The number of thioether (sulfide) groups is 1. The highest BCUT2D eigenvalue weighted by molar-refractivity contribution is 8.13. The van der Waals surface area contributed by atoms with Crippen molar-refractivity contribution in [1.82, 2.24) is 5.32 Å². The second-order valence-corrected chi connectivity index (χ2v) is 6.56. The van der Waals surface area contributed by atoms with E-state index in [0.29, 0.717) is 11.8 Å². The molecule has 0 spiro atoms. The van der Waals surface area contributed by atoms with Gasteiger partial charge in [0.15, 0.2) is 0 Å². The van der Waals surface area contributed by atoms with E-state index in [1.807, 2.05) is 0 Å². The summed E-state index contributed by atoms with van der Waals surface area (Å²) in [5.41, 5.74) is 0. The van der Waals surface area contributed by atoms with Gasteiger partial charge in [0.1, 0.15) is 6.04 Å². The lowest BCUT2D eigenvalue weighted by Crippen LogP contribution is -2.41. The third kappa shape index (κ3) is 7.67. The van der Waals surface area contributed by atoms with E-state index >= 15 is 0 Å². The van der Waals surface area contributed by atoms with Gasteiger partial charge in [0.2, 0.25) is 12.2 Å². The number of carboxylic acids is 1. The minimum atomic E-state index is -1.25. The number of carbonyl (C=O) groups excluding carboxylic acids is 3. The zero-order valence-electron chi connectivity index (χ0n) is 13.8. The smallest absolute Gasteiger partial charge is 0.370 e. The van der Waals surface area contributed by atoms with Gasteiger partial charge in [0, 0.05) is 19.6 Å². The summed E-state index contributed by atoms with van der Waals surface area (Å²) in [6.45, 7) is 2.62. The molecule has 0 heterocycles. The van der Waals surface area contributed by atoms with Crippen LogP contribution in [0.2, 0.25) is 0 Å². The van der Waals surface area contributed by atoms with Gasteiger partial charge in [0.25, 0.3) is 0 Å². The summed E-state index contributed by atoms with van der Waals surface area (Å²) in [4.78, 5) is 45.4. The van der Waals surface area contributed by atoms with E-state index in [0.717, 1.165) is 32.1 Å². The van der Waals surface area contributed by atoms with Crippen molar-refractivity contribution in [3.8, 4) is 0 Å². The molecule has 24 heavy (non-hydrogen) atoms. The fraction of sp³-hybridized carbons (Fsp3) is 0.733. The molecule has 0 saturated heterocycles. The Morgan fingerprint density at radius 3 is 2.33 bits per heavy atom. The third-order valence-corrected chi connectivity index (χ3v) is 4.36. The molecule has 1 aliphatic rings. The average Bonchev–Trinajstić information content (AvgIpc) is 2.51. The molecule has 2 atom stereocenters. The number of esters is 1. The van der Waals surface area contributed by atoms with Gasteiger partial charge in [-0.1, -0.05) is 19.3 Å². The summed E-state index contributed by atoms with van der Waals surface area (Å²) < 4.78 is 10.0.